The molecule has 4 rings (SSSR count). The van der Waals surface area contributed by atoms with E-state index in [1.54, 1.807) is 12.4 Å². The lowest BCUT2D eigenvalue weighted by atomic mass is 9.90. The van der Waals surface area contributed by atoms with Gasteiger partial charge < -0.3 is 25.4 Å². The summed E-state index contributed by atoms with van der Waals surface area (Å²) in [5.74, 6) is 0.709. The van der Waals surface area contributed by atoms with Crippen LogP contribution in [0.5, 0.6) is 5.88 Å². The van der Waals surface area contributed by atoms with Crippen molar-refractivity contribution < 1.29 is 14.3 Å². The van der Waals surface area contributed by atoms with Crippen LogP contribution >= 0.6 is 0 Å². The van der Waals surface area contributed by atoms with Gasteiger partial charge in [-0.15, -0.1) is 0 Å². The Labute approximate surface area is 215 Å². The average Bonchev–Trinajstić information content (AvgIpc) is 3.39. The minimum Gasteiger partial charge on any atom is -0.480 e. The molecule has 194 valence electrons. The minimum atomic E-state index is -0.587. The summed E-state index contributed by atoms with van der Waals surface area (Å²) in [5, 5.41) is 27.6. The van der Waals surface area contributed by atoms with Gasteiger partial charge in [0.2, 0.25) is 11.8 Å². The quantitative estimate of drug-likeness (QED) is 0.430. The summed E-state index contributed by atoms with van der Waals surface area (Å²) < 4.78 is 10.8. The maximum atomic E-state index is 12.4. The van der Waals surface area contributed by atoms with Crippen LogP contribution in [-0.4, -0.2) is 55.8 Å². The smallest absolute Gasteiger partial charge is 0.407 e. The van der Waals surface area contributed by atoms with Gasteiger partial charge in [-0.05, 0) is 51.8 Å². The van der Waals surface area contributed by atoms with Gasteiger partial charge in [-0.3, -0.25) is 0 Å². The van der Waals surface area contributed by atoms with Gasteiger partial charge in [-0.1, -0.05) is 18.9 Å². The number of nitrogens with one attached hydrogen (secondary N) is 3. The first-order valence-corrected chi connectivity index (χ1v) is 12.1. The molecule has 12 nitrogen and oxygen atoms in total. The van der Waals surface area contributed by atoms with Crippen LogP contribution in [0, 0.1) is 11.3 Å². The van der Waals surface area contributed by atoms with Gasteiger partial charge in [-0.25, -0.2) is 4.79 Å². The van der Waals surface area contributed by atoms with Crippen molar-refractivity contribution in [2.24, 2.45) is 0 Å². The number of alkyl carbamates (subject to hydrolysis) is 1. The SMILES string of the molecule is COc1nc(NC2CCCCC2NC(=O)OC(C)(C)C)nc(Nc2cccc(-n3nccn3)c2)c1C#N. The van der Waals surface area contributed by atoms with Gasteiger partial charge in [0.15, 0.2) is 11.4 Å². The van der Waals surface area contributed by atoms with Crippen molar-refractivity contribution in [3.63, 3.8) is 0 Å². The molecule has 0 aliphatic heterocycles. The first-order chi connectivity index (χ1) is 17.8. The van der Waals surface area contributed by atoms with E-state index in [1.165, 1.54) is 11.9 Å². The van der Waals surface area contributed by atoms with E-state index in [2.05, 4.69) is 42.2 Å². The second-order valence-corrected chi connectivity index (χ2v) is 9.67. The summed E-state index contributed by atoms with van der Waals surface area (Å²) in [6.07, 6.45) is 6.33. The maximum absolute atomic E-state index is 12.4. The van der Waals surface area contributed by atoms with Crippen LogP contribution in [0.1, 0.15) is 52.0 Å². The number of hydrogen-bond acceptors (Lipinski definition) is 10. The number of anilines is 3. The molecule has 0 radical (unpaired) electrons. The van der Waals surface area contributed by atoms with E-state index in [9.17, 15) is 10.1 Å². The molecule has 1 amide bonds. The second kappa shape index (κ2) is 11.1. The highest BCUT2D eigenvalue weighted by molar-refractivity contribution is 5.69. The van der Waals surface area contributed by atoms with Crippen LogP contribution in [0.15, 0.2) is 36.7 Å². The molecule has 3 aromatic rings. The number of nitrogens with zero attached hydrogens (tertiary/aromatic N) is 6. The van der Waals surface area contributed by atoms with Crippen LogP contribution < -0.4 is 20.7 Å². The molecule has 1 fully saturated rings. The highest BCUT2D eigenvalue weighted by Crippen LogP contribution is 2.29. The standard InChI is InChI=1S/C25H31N9O3/c1-25(2,3)37-24(35)31-20-11-6-5-10-19(20)30-23-32-21(18(15-26)22(33-23)36-4)29-16-8-7-9-17(14-16)34-27-12-13-28-34/h7-9,12-14,19-20H,5-6,10-11H2,1-4H3,(H,31,35)(H2,29,30,32,33). The highest BCUT2D eigenvalue weighted by Gasteiger charge is 2.29. The van der Waals surface area contributed by atoms with Gasteiger partial charge in [-0.2, -0.15) is 30.2 Å². The minimum absolute atomic E-state index is 0.124. The van der Waals surface area contributed by atoms with Crippen molar-refractivity contribution in [2.75, 3.05) is 17.7 Å². The molecule has 1 aliphatic carbocycles. The van der Waals surface area contributed by atoms with Gasteiger partial charge in [0.05, 0.1) is 31.2 Å². The number of amides is 1. The Balaban J connectivity index is 1.57. The number of carbonyl (C=O) groups excluding carboxylic acids is 1. The number of ether oxygens (including phenoxy) is 2. The molecule has 37 heavy (non-hydrogen) atoms. The van der Waals surface area contributed by atoms with E-state index in [4.69, 9.17) is 9.47 Å². The third-order valence-electron chi connectivity index (χ3n) is 5.72. The fourth-order valence-corrected chi connectivity index (χ4v) is 4.14. The summed E-state index contributed by atoms with van der Waals surface area (Å²) >= 11 is 0. The number of rotatable bonds is 7. The molecular formula is C25H31N9O3. The number of aromatic nitrogens is 5. The first kappa shape index (κ1) is 25.7. The van der Waals surface area contributed by atoms with Crippen molar-refractivity contribution in [3.05, 3.63) is 42.2 Å². The third-order valence-corrected chi connectivity index (χ3v) is 5.72. The summed E-state index contributed by atoms with van der Waals surface area (Å²) in [5.41, 5.74) is 1.01. The van der Waals surface area contributed by atoms with Crippen LogP contribution in [-0.2, 0) is 4.74 Å². The molecule has 1 saturated carbocycles. The van der Waals surface area contributed by atoms with Gasteiger partial charge in [0, 0.05) is 11.7 Å². The lowest BCUT2D eigenvalue weighted by molar-refractivity contribution is 0.0488. The van der Waals surface area contributed by atoms with Crippen molar-refractivity contribution >= 4 is 23.5 Å². The Bertz CT molecular complexity index is 1270. The van der Waals surface area contributed by atoms with Crippen molar-refractivity contribution in [1.82, 2.24) is 30.3 Å². The summed E-state index contributed by atoms with van der Waals surface area (Å²) in [6, 6.07) is 9.23. The highest BCUT2D eigenvalue weighted by atomic mass is 16.6. The topological polar surface area (TPSA) is 152 Å². The van der Waals surface area contributed by atoms with E-state index >= 15 is 0 Å². The number of benzene rings is 1. The van der Waals surface area contributed by atoms with E-state index in [0.717, 1.165) is 31.4 Å². The zero-order valence-electron chi connectivity index (χ0n) is 21.4. The normalized spacial score (nSPS) is 17.4. The van der Waals surface area contributed by atoms with Crippen LogP contribution in [0.4, 0.5) is 22.2 Å². The predicted octanol–water partition coefficient (Wildman–Crippen LogP) is 3.93. The lowest BCUT2D eigenvalue weighted by Crippen LogP contribution is -2.50. The number of hydrogen-bond donors (Lipinski definition) is 3. The molecule has 1 aromatic carbocycles. The van der Waals surface area contributed by atoms with Gasteiger partial charge >= 0.3 is 6.09 Å². The zero-order valence-corrected chi connectivity index (χ0v) is 21.4. The van der Waals surface area contributed by atoms with E-state index < -0.39 is 11.7 Å². The molecular weight excluding hydrogens is 474 g/mol. The second-order valence-electron chi connectivity index (χ2n) is 9.67. The fourth-order valence-electron chi connectivity index (χ4n) is 4.14. The Morgan fingerprint density at radius 3 is 2.54 bits per heavy atom. The molecule has 1 aliphatic rings. The van der Waals surface area contributed by atoms with Crippen molar-refractivity contribution in [2.45, 2.75) is 64.1 Å². The number of methoxy groups -OCH3 is 1. The Kier molecular flexibility index (Phi) is 7.71. The van der Waals surface area contributed by atoms with Crippen molar-refractivity contribution in [1.29, 1.82) is 5.26 Å². The number of carbonyl (C=O) groups is 1. The summed E-state index contributed by atoms with van der Waals surface area (Å²) in [6.45, 7) is 5.49. The van der Waals surface area contributed by atoms with Gasteiger partial charge in [0.25, 0.3) is 0 Å². The van der Waals surface area contributed by atoms with Crippen LogP contribution in [0.2, 0.25) is 0 Å². The Morgan fingerprint density at radius 1 is 1.14 bits per heavy atom. The maximum Gasteiger partial charge on any atom is 0.407 e. The zero-order chi connectivity index (χ0) is 26.4. The molecule has 0 bridgehead atoms. The van der Waals surface area contributed by atoms with Crippen LogP contribution in [0.3, 0.4) is 0 Å². The molecule has 0 saturated heterocycles. The Morgan fingerprint density at radius 2 is 1.86 bits per heavy atom. The monoisotopic (exact) mass is 505 g/mol. The molecule has 2 aromatic heterocycles. The average molecular weight is 506 g/mol. The van der Waals surface area contributed by atoms with Crippen molar-refractivity contribution in [3.8, 4) is 17.6 Å². The predicted molar refractivity (Wildman–Crippen MR) is 137 cm³/mol. The first-order valence-electron chi connectivity index (χ1n) is 12.1. The lowest BCUT2D eigenvalue weighted by Gasteiger charge is -2.33. The van der Waals surface area contributed by atoms with E-state index in [-0.39, 0.29) is 35.3 Å². The summed E-state index contributed by atoms with van der Waals surface area (Å²) in [7, 11) is 1.45. The fraction of sp³-hybridized carbons (Fsp3) is 0.440. The van der Waals surface area contributed by atoms with Gasteiger partial charge in [0.1, 0.15) is 11.7 Å². The molecule has 2 heterocycles. The Hall–Kier alpha value is -4.40. The van der Waals surface area contributed by atoms with E-state index in [0.29, 0.717) is 5.69 Å². The molecule has 0 spiro atoms. The molecule has 3 N–H and O–H groups in total. The molecule has 2 atom stereocenters. The largest absolute Gasteiger partial charge is 0.480 e. The molecule has 12 heteroatoms. The number of nitriles is 1. The summed E-state index contributed by atoms with van der Waals surface area (Å²) in [4.78, 5) is 22.9. The molecule has 2 unspecified atom stereocenters. The van der Waals surface area contributed by atoms with E-state index in [1.807, 2.05) is 45.0 Å². The third kappa shape index (κ3) is 6.63. The van der Waals surface area contributed by atoms with Crippen LogP contribution in [0.25, 0.3) is 5.69 Å².